The van der Waals surface area contributed by atoms with E-state index in [0.29, 0.717) is 22.6 Å². The number of carboxylic acids is 1. The second kappa shape index (κ2) is 8.26. The number of nitrogens with one attached hydrogen (secondary N) is 1. The first-order chi connectivity index (χ1) is 12.9. The van der Waals surface area contributed by atoms with Crippen molar-refractivity contribution in [3.8, 4) is 28.4 Å². The molecule has 0 unspecified atom stereocenters. The number of H-pyrrole nitrogens is 1. The van der Waals surface area contributed by atoms with Gasteiger partial charge in [-0.15, -0.1) is 0 Å². The second-order valence-electron chi connectivity index (χ2n) is 5.32. The summed E-state index contributed by atoms with van der Waals surface area (Å²) in [7, 11) is 5.71. The topological polar surface area (TPSA) is 119 Å². The summed E-state index contributed by atoms with van der Waals surface area (Å²) in [5.41, 5.74) is 0.739. The largest absolute Gasteiger partial charge is 0.493 e. The zero-order valence-electron chi connectivity index (χ0n) is 15.6. The van der Waals surface area contributed by atoms with Crippen LogP contribution < -0.4 is 14.2 Å². The highest BCUT2D eigenvalue weighted by Crippen LogP contribution is 2.46. The number of ketones is 1. The van der Waals surface area contributed by atoms with Crippen LogP contribution in [-0.4, -0.2) is 56.5 Å². The van der Waals surface area contributed by atoms with Gasteiger partial charge in [-0.1, -0.05) is 5.16 Å². The fourth-order valence-corrected chi connectivity index (χ4v) is 2.81. The first kappa shape index (κ1) is 19.8. The summed E-state index contributed by atoms with van der Waals surface area (Å²) in [6.07, 6.45) is 1.28. The van der Waals surface area contributed by atoms with Gasteiger partial charge in [0.15, 0.2) is 17.3 Å². The monoisotopic (exact) mass is 376 g/mol. The molecule has 1 aromatic carbocycles. The number of oxime groups is 1. The molecule has 0 atom stereocenters. The van der Waals surface area contributed by atoms with Gasteiger partial charge < -0.3 is 29.1 Å². The highest BCUT2D eigenvalue weighted by atomic mass is 16.6. The van der Waals surface area contributed by atoms with Crippen molar-refractivity contribution in [3.05, 3.63) is 29.1 Å². The lowest BCUT2D eigenvalue weighted by molar-refractivity contribution is 0.0686. The Morgan fingerprint density at radius 1 is 1.07 bits per heavy atom. The second-order valence-corrected chi connectivity index (χ2v) is 5.32. The third-order valence-corrected chi connectivity index (χ3v) is 3.86. The third-order valence-electron chi connectivity index (χ3n) is 3.86. The van der Waals surface area contributed by atoms with Crippen molar-refractivity contribution in [1.29, 1.82) is 0 Å². The normalized spacial score (nSPS) is 10.7. The van der Waals surface area contributed by atoms with E-state index in [2.05, 4.69) is 15.0 Å². The lowest BCUT2D eigenvalue weighted by Gasteiger charge is -2.16. The van der Waals surface area contributed by atoms with Crippen LogP contribution in [0.5, 0.6) is 17.2 Å². The predicted molar refractivity (Wildman–Crippen MR) is 97.5 cm³/mol. The maximum Gasteiger partial charge on any atom is 0.353 e. The molecule has 0 bridgehead atoms. The van der Waals surface area contributed by atoms with Gasteiger partial charge in [-0.25, -0.2) is 4.79 Å². The van der Waals surface area contributed by atoms with E-state index in [0.717, 1.165) is 0 Å². The van der Waals surface area contributed by atoms with Crippen molar-refractivity contribution in [1.82, 2.24) is 4.98 Å². The number of carbonyl (C=O) groups is 2. The molecule has 1 heterocycles. The van der Waals surface area contributed by atoms with Crippen LogP contribution in [0.1, 0.15) is 33.5 Å². The zero-order valence-corrected chi connectivity index (χ0v) is 15.6. The van der Waals surface area contributed by atoms with Gasteiger partial charge in [0.05, 0.1) is 38.8 Å². The standard InChI is InChI=1S/C18H20N2O7/c1-9(21)13-14(11(8-19-27-5)20-15(13)18(22)23)10-6-7-12(24-2)17(26-4)16(10)25-3/h6-8,20H,1-5H3,(H,22,23)/b19-8+. The van der Waals surface area contributed by atoms with E-state index < -0.39 is 11.8 Å². The van der Waals surface area contributed by atoms with Gasteiger partial charge in [-0.2, -0.15) is 0 Å². The summed E-state index contributed by atoms with van der Waals surface area (Å²) in [6, 6.07) is 3.27. The van der Waals surface area contributed by atoms with Crippen LogP contribution in [0.25, 0.3) is 11.1 Å². The highest BCUT2D eigenvalue weighted by molar-refractivity contribution is 6.13. The SMILES string of the molecule is CO/N=C/c1[nH]c(C(=O)O)c(C(C)=O)c1-c1ccc(OC)c(OC)c1OC. The van der Waals surface area contributed by atoms with Gasteiger partial charge in [-0.05, 0) is 19.1 Å². The maximum atomic E-state index is 12.3. The van der Waals surface area contributed by atoms with E-state index in [1.807, 2.05) is 0 Å². The molecule has 2 N–H and O–H groups in total. The average molecular weight is 376 g/mol. The Bertz CT molecular complexity index is 900. The Morgan fingerprint density at radius 3 is 2.22 bits per heavy atom. The summed E-state index contributed by atoms with van der Waals surface area (Å²) in [5, 5.41) is 13.2. The summed E-state index contributed by atoms with van der Waals surface area (Å²) in [5.74, 6) is -0.712. The Kier molecular flexibility index (Phi) is 6.07. The molecule has 144 valence electrons. The molecule has 27 heavy (non-hydrogen) atoms. The summed E-state index contributed by atoms with van der Waals surface area (Å²) < 4.78 is 16.1. The fraction of sp³-hybridized carbons (Fsp3) is 0.278. The van der Waals surface area contributed by atoms with E-state index in [9.17, 15) is 14.7 Å². The van der Waals surface area contributed by atoms with Crippen molar-refractivity contribution in [2.45, 2.75) is 6.92 Å². The smallest absolute Gasteiger partial charge is 0.353 e. The van der Waals surface area contributed by atoms with E-state index in [-0.39, 0.29) is 22.7 Å². The van der Waals surface area contributed by atoms with Gasteiger partial charge in [-0.3, -0.25) is 4.79 Å². The highest BCUT2D eigenvalue weighted by Gasteiger charge is 2.29. The Hall–Kier alpha value is -3.49. The van der Waals surface area contributed by atoms with E-state index in [1.54, 1.807) is 12.1 Å². The van der Waals surface area contributed by atoms with Crippen molar-refractivity contribution in [3.63, 3.8) is 0 Å². The van der Waals surface area contributed by atoms with Crippen LogP contribution >= 0.6 is 0 Å². The average Bonchev–Trinajstić information content (AvgIpc) is 3.04. The van der Waals surface area contributed by atoms with Crippen LogP contribution in [0, 0.1) is 0 Å². The van der Waals surface area contributed by atoms with Crippen LogP contribution in [-0.2, 0) is 4.84 Å². The number of methoxy groups -OCH3 is 3. The minimum absolute atomic E-state index is 0.00873. The minimum atomic E-state index is -1.28. The molecule has 2 aromatic rings. The van der Waals surface area contributed by atoms with Crippen molar-refractivity contribution < 1.29 is 33.7 Å². The van der Waals surface area contributed by atoms with Crippen LogP contribution in [0.4, 0.5) is 0 Å². The first-order valence-electron chi connectivity index (χ1n) is 7.77. The van der Waals surface area contributed by atoms with E-state index in [4.69, 9.17) is 14.2 Å². The molecule has 2 rings (SSSR count). The molecule has 9 nitrogen and oxygen atoms in total. The lowest BCUT2D eigenvalue weighted by atomic mass is 9.96. The van der Waals surface area contributed by atoms with Crippen LogP contribution in [0.15, 0.2) is 17.3 Å². The number of nitrogens with zero attached hydrogens (tertiary/aromatic N) is 1. The molecule has 0 saturated carbocycles. The molecule has 1 aromatic heterocycles. The van der Waals surface area contributed by atoms with E-state index >= 15 is 0 Å². The van der Waals surface area contributed by atoms with Gasteiger partial charge >= 0.3 is 5.97 Å². The molecule has 0 spiro atoms. The Balaban J connectivity index is 2.94. The van der Waals surface area contributed by atoms with Crippen molar-refractivity contribution in [2.24, 2.45) is 5.16 Å². The Morgan fingerprint density at radius 2 is 1.74 bits per heavy atom. The zero-order chi connectivity index (χ0) is 20.1. The fourth-order valence-electron chi connectivity index (χ4n) is 2.81. The van der Waals surface area contributed by atoms with Gasteiger partial charge in [0.1, 0.15) is 12.8 Å². The number of benzene rings is 1. The van der Waals surface area contributed by atoms with Crippen molar-refractivity contribution in [2.75, 3.05) is 28.4 Å². The number of aromatic amines is 1. The molecule has 0 aliphatic heterocycles. The maximum absolute atomic E-state index is 12.3. The van der Waals surface area contributed by atoms with Crippen LogP contribution in [0.3, 0.4) is 0 Å². The van der Waals surface area contributed by atoms with Crippen LogP contribution in [0.2, 0.25) is 0 Å². The quantitative estimate of drug-likeness (QED) is 0.413. The Labute approximate surface area is 155 Å². The molecular weight excluding hydrogens is 356 g/mol. The molecule has 9 heteroatoms. The summed E-state index contributed by atoms with van der Waals surface area (Å²) in [4.78, 5) is 31.3. The van der Waals surface area contributed by atoms with E-state index in [1.165, 1.54) is 41.6 Å². The van der Waals surface area contributed by atoms with Crippen molar-refractivity contribution >= 4 is 18.0 Å². The molecule has 0 fully saturated rings. The lowest BCUT2D eigenvalue weighted by Crippen LogP contribution is -2.05. The molecule has 0 radical (unpaired) electrons. The number of hydrogen-bond acceptors (Lipinski definition) is 7. The summed E-state index contributed by atoms with van der Waals surface area (Å²) >= 11 is 0. The number of ether oxygens (including phenoxy) is 3. The molecule has 0 aliphatic carbocycles. The number of rotatable bonds is 8. The third kappa shape index (κ3) is 3.57. The first-order valence-corrected chi connectivity index (χ1v) is 7.77. The van der Waals surface area contributed by atoms with Gasteiger partial charge in [0, 0.05) is 11.1 Å². The number of hydrogen-bond donors (Lipinski definition) is 2. The van der Waals surface area contributed by atoms with Gasteiger partial charge in [0.2, 0.25) is 5.75 Å². The molecule has 0 amide bonds. The molecule has 0 saturated heterocycles. The number of aromatic carboxylic acids is 1. The number of Topliss-reactive ketones (excluding diaryl/α,β-unsaturated/α-hetero) is 1. The number of carboxylic acid groups (broad SMARTS) is 1. The molecular formula is C18H20N2O7. The number of carbonyl (C=O) groups excluding carboxylic acids is 1. The minimum Gasteiger partial charge on any atom is -0.493 e. The summed E-state index contributed by atoms with van der Waals surface area (Å²) in [6.45, 7) is 1.28. The number of aromatic nitrogens is 1. The molecule has 0 aliphatic rings. The van der Waals surface area contributed by atoms with Gasteiger partial charge in [0.25, 0.3) is 0 Å². The predicted octanol–water partition coefficient (Wildman–Crippen LogP) is 2.59.